The van der Waals surface area contributed by atoms with Crippen LogP contribution in [0.3, 0.4) is 0 Å². The van der Waals surface area contributed by atoms with E-state index in [0.29, 0.717) is 6.54 Å². The summed E-state index contributed by atoms with van der Waals surface area (Å²) in [7, 11) is 1.99. The zero-order valence-electron chi connectivity index (χ0n) is 9.40. The van der Waals surface area contributed by atoms with Crippen molar-refractivity contribution in [2.75, 3.05) is 18.5 Å². The van der Waals surface area contributed by atoms with E-state index in [2.05, 4.69) is 25.0 Å². The number of anilines is 1. The molecule has 1 unspecified atom stereocenters. The smallest absolute Gasteiger partial charge is 0.0788 e. The molecule has 0 amide bonds. The van der Waals surface area contributed by atoms with Crippen LogP contribution >= 0.6 is 0 Å². The van der Waals surface area contributed by atoms with Gasteiger partial charge in [-0.25, -0.2) is 0 Å². The van der Waals surface area contributed by atoms with Gasteiger partial charge in [0.2, 0.25) is 0 Å². The predicted octanol–water partition coefficient (Wildman–Crippen LogP) is 2.17. The Balaban J connectivity index is 3.01. The molecule has 1 aromatic rings. The van der Waals surface area contributed by atoms with Crippen molar-refractivity contribution in [3.63, 3.8) is 0 Å². The number of nitrogens with zero attached hydrogens (tertiary/aromatic N) is 1. The fourth-order valence-electron chi connectivity index (χ4n) is 1.59. The topological polar surface area (TPSA) is 29.3 Å². The molecule has 2 heteroatoms. The zero-order valence-corrected chi connectivity index (χ0v) is 9.40. The normalized spacial score (nSPS) is 11.9. The highest BCUT2D eigenvalue weighted by Crippen LogP contribution is 2.25. The van der Waals surface area contributed by atoms with Crippen molar-refractivity contribution in [2.24, 2.45) is 5.73 Å². The average Bonchev–Trinajstić information content (AvgIpc) is 2.28. The molecule has 2 nitrogen and oxygen atoms in total. The second-order valence-electron chi connectivity index (χ2n) is 3.63. The summed E-state index contributed by atoms with van der Waals surface area (Å²) < 4.78 is 0. The molecule has 0 aliphatic carbocycles. The number of nitrogens with two attached hydrogens (primary N) is 1. The Morgan fingerprint density at radius 2 is 2.13 bits per heavy atom. The Kier molecular flexibility index (Phi) is 4.20. The third-order valence-electron chi connectivity index (χ3n) is 2.52. The standard InChI is InChI=1S/C13H18N2/c1-4-10-15(3)13-9-7-6-8-11(13)12(14)5-2/h1,6-9,12H,5,10,14H2,2-3H3. The van der Waals surface area contributed by atoms with Crippen LogP contribution in [0.15, 0.2) is 24.3 Å². The van der Waals surface area contributed by atoms with Crippen molar-refractivity contribution < 1.29 is 0 Å². The van der Waals surface area contributed by atoms with Gasteiger partial charge in [-0.3, -0.25) is 0 Å². The molecule has 15 heavy (non-hydrogen) atoms. The zero-order chi connectivity index (χ0) is 11.3. The van der Waals surface area contributed by atoms with E-state index in [1.54, 1.807) is 0 Å². The number of rotatable bonds is 4. The minimum absolute atomic E-state index is 0.0847. The van der Waals surface area contributed by atoms with Gasteiger partial charge in [0, 0.05) is 18.8 Å². The molecule has 0 fully saturated rings. The van der Waals surface area contributed by atoms with Gasteiger partial charge in [0.1, 0.15) is 0 Å². The first-order valence-electron chi connectivity index (χ1n) is 5.19. The minimum atomic E-state index is 0.0847. The van der Waals surface area contributed by atoms with Crippen LogP contribution in [0, 0.1) is 12.3 Å². The van der Waals surface area contributed by atoms with Crippen LogP contribution in [0.5, 0.6) is 0 Å². The third-order valence-corrected chi connectivity index (χ3v) is 2.52. The van der Waals surface area contributed by atoms with E-state index in [-0.39, 0.29) is 6.04 Å². The van der Waals surface area contributed by atoms with Gasteiger partial charge in [-0.1, -0.05) is 31.0 Å². The van der Waals surface area contributed by atoms with Crippen LogP contribution in [0.2, 0.25) is 0 Å². The largest absolute Gasteiger partial charge is 0.363 e. The van der Waals surface area contributed by atoms with E-state index in [4.69, 9.17) is 12.2 Å². The average molecular weight is 202 g/mol. The van der Waals surface area contributed by atoms with Crippen molar-refractivity contribution in [3.8, 4) is 12.3 Å². The van der Waals surface area contributed by atoms with Crippen LogP contribution < -0.4 is 10.6 Å². The minimum Gasteiger partial charge on any atom is -0.363 e. The maximum atomic E-state index is 6.05. The lowest BCUT2D eigenvalue weighted by atomic mass is 10.0. The first-order chi connectivity index (χ1) is 7.20. The molecule has 0 aliphatic rings. The van der Waals surface area contributed by atoms with E-state index >= 15 is 0 Å². The number of terminal acetylenes is 1. The predicted molar refractivity (Wildman–Crippen MR) is 65.8 cm³/mol. The van der Waals surface area contributed by atoms with Gasteiger partial charge in [-0.2, -0.15) is 0 Å². The summed E-state index contributed by atoms with van der Waals surface area (Å²) in [5.41, 5.74) is 8.34. The van der Waals surface area contributed by atoms with E-state index in [0.717, 1.165) is 17.7 Å². The van der Waals surface area contributed by atoms with Gasteiger partial charge in [0.15, 0.2) is 0 Å². The van der Waals surface area contributed by atoms with Gasteiger partial charge in [-0.05, 0) is 18.1 Å². The first-order valence-corrected chi connectivity index (χ1v) is 5.19. The molecule has 0 aliphatic heterocycles. The lowest BCUT2D eigenvalue weighted by molar-refractivity contribution is 0.696. The van der Waals surface area contributed by atoms with Crippen molar-refractivity contribution in [1.82, 2.24) is 0 Å². The molecule has 1 atom stereocenters. The van der Waals surface area contributed by atoms with Crippen LogP contribution in [-0.4, -0.2) is 13.6 Å². The molecular weight excluding hydrogens is 184 g/mol. The fraction of sp³-hybridized carbons (Fsp3) is 0.385. The van der Waals surface area contributed by atoms with Crippen LogP contribution in [-0.2, 0) is 0 Å². The number of hydrogen-bond acceptors (Lipinski definition) is 2. The Morgan fingerprint density at radius 1 is 1.47 bits per heavy atom. The highest BCUT2D eigenvalue weighted by molar-refractivity contribution is 5.55. The van der Waals surface area contributed by atoms with Crippen LogP contribution in [0.4, 0.5) is 5.69 Å². The summed E-state index contributed by atoms with van der Waals surface area (Å²) in [5, 5.41) is 0. The summed E-state index contributed by atoms with van der Waals surface area (Å²) >= 11 is 0. The fourth-order valence-corrected chi connectivity index (χ4v) is 1.59. The Labute approximate surface area is 92.1 Å². The van der Waals surface area contributed by atoms with Gasteiger partial charge >= 0.3 is 0 Å². The second kappa shape index (κ2) is 5.43. The number of benzene rings is 1. The molecule has 1 aromatic carbocycles. The third kappa shape index (κ3) is 2.74. The molecule has 0 radical (unpaired) electrons. The van der Waals surface area contributed by atoms with Crippen molar-refractivity contribution in [1.29, 1.82) is 0 Å². The number of hydrogen-bond donors (Lipinski definition) is 1. The summed E-state index contributed by atoms with van der Waals surface area (Å²) in [4.78, 5) is 2.05. The maximum absolute atomic E-state index is 6.05. The molecular formula is C13H18N2. The molecule has 0 spiro atoms. The first kappa shape index (κ1) is 11.6. The van der Waals surface area contributed by atoms with Gasteiger partial charge in [0.05, 0.1) is 6.54 Å². The second-order valence-corrected chi connectivity index (χ2v) is 3.63. The molecule has 0 bridgehead atoms. The quantitative estimate of drug-likeness (QED) is 0.758. The summed E-state index contributed by atoms with van der Waals surface area (Å²) in [5.74, 6) is 2.64. The van der Waals surface area contributed by atoms with Crippen LogP contribution in [0.25, 0.3) is 0 Å². The van der Waals surface area contributed by atoms with Gasteiger partial charge < -0.3 is 10.6 Å². The molecule has 0 saturated heterocycles. The van der Waals surface area contributed by atoms with Crippen LogP contribution in [0.1, 0.15) is 24.9 Å². The van der Waals surface area contributed by atoms with Crippen molar-refractivity contribution in [3.05, 3.63) is 29.8 Å². The summed E-state index contributed by atoms with van der Waals surface area (Å²) in [6.45, 7) is 2.69. The van der Waals surface area contributed by atoms with E-state index in [9.17, 15) is 0 Å². The molecule has 80 valence electrons. The number of para-hydroxylation sites is 1. The molecule has 0 saturated carbocycles. The highest BCUT2D eigenvalue weighted by atomic mass is 15.1. The summed E-state index contributed by atoms with van der Waals surface area (Å²) in [6, 6.07) is 8.23. The van der Waals surface area contributed by atoms with Gasteiger partial charge in [0.25, 0.3) is 0 Å². The lowest BCUT2D eigenvalue weighted by Crippen LogP contribution is -2.21. The monoisotopic (exact) mass is 202 g/mol. The van der Waals surface area contributed by atoms with E-state index in [1.165, 1.54) is 0 Å². The Hall–Kier alpha value is -1.46. The lowest BCUT2D eigenvalue weighted by Gasteiger charge is -2.22. The van der Waals surface area contributed by atoms with Crippen molar-refractivity contribution in [2.45, 2.75) is 19.4 Å². The molecule has 1 rings (SSSR count). The Bertz CT molecular complexity index is 352. The van der Waals surface area contributed by atoms with E-state index in [1.807, 2.05) is 24.1 Å². The highest BCUT2D eigenvalue weighted by Gasteiger charge is 2.10. The molecule has 0 aromatic heterocycles. The van der Waals surface area contributed by atoms with E-state index < -0.39 is 0 Å². The SMILES string of the molecule is C#CCN(C)c1ccccc1C(N)CC. The Morgan fingerprint density at radius 3 is 2.73 bits per heavy atom. The maximum Gasteiger partial charge on any atom is 0.0788 e. The molecule has 0 heterocycles. The van der Waals surface area contributed by atoms with Gasteiger partial charge in [-0.15, -0.1) is 6.42 Å². The van der Waals surface area contributed by atoms with Crippen molar-refractivity contribution >= 4 is 5.69 Å². The molecule has 2 N–H and O–H groups in total. The summed E-state index contributed by atoms with van der Waals surface area (Å²) in [6.07, 6.45) is 6.23.